The Bertz CT molecular complexity index is 738. The maximum Gasteiger partial charge on any atom is 0.240 e. The second-order valence-electron chi connectivity index (χ2n) is 6.15. The highest BCUT2D eigenvalue weighted by molar-refractivity contribution is 7.90. The van der Waals surface area contributed by atoms with E-state index < -0.39 is 19.9 Å². The maximum absolute atomic E-state index is 12.4. The summed E-state index contributed by atoms with van der Waals surface area (Å²) in [5.41, 5.74) is 0. The predicted octanol–water partition coefficient (Wildman–Crippen LogP) is 1.56. The van der Waals surface area contributed by atoms with E-state index in [1.807, 2.05) is 0 Å². The lowest BCUT2D eigenvalue weighted by Gasteiger charge is -2.22. The normalized spacial score (nSPS) is 28.9. The first-order valence-corrected chi connectivity index (χ1v) is 10.5. The Balaban J connectivity index is 1.79. The molecular weight excluding hydrogens is 310 g/mol. The molecule has 3 atom stereocenters. The van der Waals surface area contributed by atoms with Gasteiger partial charge in [0.2, 0.25) is 10.0 Å². The van der Waals surface area contributed by atoms with E-state index in [4.69, 9.17) is 0 Å². The van der Waals surface area contributed by atoms with Crippen LogP contribution in [0, 0.1) is 11.8 Å². The molecule has 0 saturated heterocycles. The van der Waals surface area contributed by atoms with Crippen molar-refractivity contribution in [1.29, 1.82) is 0 Å². The molecular formula is C14H19NO4S2. The summed E-state index contributed by atoms with van der Waals surface area (Å²) in [4.78, 5) is 0.249. The largest absolute Gasteiger partial charge is 0.240 e. The second-order valence-corrected chi connectivity index (χ2v) is 9.88. The fourth-order valence-corrected chi connectivity index (χ4v) is 5.47. The van der Waals surface area contributed by atoms with Gasteiger partial charge in [-0.05, 0) is 55.4 Å². The van der Waals surface area contributed by atoms with Crippen molar-refractivity contribution in [3.63, 3.8) is 0 Å². The lowest BCUT2D eigenvalue weighted by Crippen LogP contribution is -2.38. The molecule has 0 spiro atoms. The average Bonchev–Trinajstić information content (AvgIpc) is 2.99. The molecule has 2 fully saturated rings. The SMILES string of the molecule is CS(=O)(=O)c1ccc(S(=O)(=O)NC2CC3CCC2C3)cc1. The quantitative estimate of drug-likeness (QED) is 0.909. The van der Waals surface area contributed by atoms with Crippen molar-refractivity contribution >= 4 is 19.9 Å². The average molecular weight is 329 g/mol. The Morgan fingerprint density at radius 3 is 2.05 bits per heavy atom. The summed E-state index contributed by atoms with van der Waals surface area (Å²) in [6.45, 7) is 0. The second kappa shape index (κ2) is 5.07. The van der Waals surface area contributed by atoms with Crippen LogP contribution >= 0.6 is 0 Å². The number of benzene rings is 1. The van der Waals surface area contributed by atoms with Gasteiger partial charge < -0.3 is 0 Å². The number of sulfonamides is 1. The highest BCUT2D eigenvalue weighted by Crippen LogP contribution is 2.44. The first-order valence-electron chi connectivity index (χ1n) is 7.08. The summed E-state index contributed by atoms with van der Waals surface area (Å²) in [6, 6.07) is 5.41. The van der Waals surface area contributed by atoms with E-state index in [2.05, 4.69) is 4.72 Å². The van der Waals surface area contributed by atoms with Gasteiger partial charge in [0.1, 0.15) is 0 Å². The first-order chi connectivity index (χ1) is 9.75. The van der Waals surface area contributed by atoms with Gasteiger partial charge in [0.25, 0.3) is 0 Å². The van der Waals surface area contributed by atoms with Crippen LogP contribution in [0.1, 0.15) is 25.7 Å². The van der Waals surface area contributed by atoms with Crippen LogP contribution in [-0.4, -0.2) is 29.1 Å². The van der Waals surface area contributed by atoms with Crippen molar-refractivity contribution < 1.29 is 16.8 Å². The Morgan fingerprint density at radius 1 is 0.952 bits per heavy atom. The highest BCUT2D eigenvalue weighted by Gasteiger charge is 2.41. The fourth-order valence-electron chi connectivity index (χ4n) is 3.52. The summed E-state index contributed by atoms with van der Waals surface area (Å²) in [5.74, 6) is 1.12. The third-order valence-corrected chi connectivity index (χ3v) is 7.24. The van der Waals surface area contributed by atoms with E-state index in [0.29, 0.717) is 11.8 Å². The van der Waals surface area contributed by atoms with Crippen LogP contribution in [0.2, 0.25) is 0 Å². The van der Waals surface area contributed by atoms with Gasteiger partial charge in [-0.1, -0.05) is 6.42 Å². The number of sulfone groups is 1. The molecule has 21 heavy (non-hydrogen) atoms. The predicted molar refractivity (Wildman–Crippen MR) is 79.1 cm³/mol. The summed E-state index contributed by atoms with van der Waals surface area (Å²) >= 11 is 0. The lowest BCUT2D eigenvalue weighted by atomic mass is 9.96. The Morgan fingerprint density at radius 2 is 1.57 bits per heavy atom. The van der Waals surface area contributed by atoms with Gasteiger partial charge in [0.15, 0.2) is 9.84 Å². The Kier molecular flexibility index (Phi) is 3.62. The van der Waals surface area contributed by atoms with Crippen LogP contribution in [0.15, 0.2) is 34.1 Å². The van der Waals surface area contributed by atoms with E-state index in [-0.39, 0.29) is 15.8 Å². The topological polar surface area (TPSA) is 80.3 Å². The van der Waals surface area contributed by atoms with Gasteiger partial charge >= 0.3 is 0 Å². The van der Waals surface area contributed by atoms with Gasteiger partial charge in [-0.3, -0.25) is 0 Å². The van der Waals surface area contributed by atoms with Crippen molar-refractivity contribution in [2.24, 2.45) is 11.8 Å². The van der Waals surface area contributed by atoms with Crippen molar-refractivity contribution in [3.8, 4) is 0 Å². The molecule has 3 unspecified atom stereocenters. The van der Waals surface area contributed by atoms with Gasteiger partial charge in [-0.15, -0.1) is 0 Å². The number of hydrogen-bond donors (Lipinski definition) is 1. The molecule has 0 amide bonds. The molecule has 0 heterocycles. The summed E-state index contributed by atoms with van der Waals surface area (Å²) in [5, 5.41) is 0. The molecule has 1 aromatic carbocycles. The molecule has 1 N–H and O–H groups in total. The molecule has 5 nitrogen and oxygen atoms in total. The summed E-state index contributed by atoms with van der Waals surface area (Å²) in [6.07, 6.45) is 5.46. The van der Waals surface area contributed by atoms with Gasteiger partial charge in [0.05, 0.1) is 9.79 Å². The lowest BCUT2D eigenvalue weighted by molar-refractivity contribution is 0.390. The molecule has 2 aliphatic carbocycles. The minimum atomic E-state index is -3.57. The zero-order valence-electron chi connectivity index (χ0n) is 11.8. The van der Waals surface area contributed by atoms with Crippen molar-refractivity contribution in [2.75, 3.05) is 6.26 Å². The minimum Gasteiger partial charge on any atom is -0.224 e. The number of hydrogen-bond acceptors (Lipinski definition) is 4. The van der Waals surface area contributed by atoms with E-state index >= 15 is 0 Å². The molecule has 0 aliphatic heterocycles. The molecule has 7 heteroatoms. The number of rotatable bonds is 4. The van der Waals surface area contributed by atoms with Crippen LogP contribution in [0.4, 0.5) is 0 Å². The van der Waals surface area contributed by atoms with Crippen LogP contribution in [0.3, 0.4) is 0 Å². The summed E-state index contributed by atoms with van der Waals surface area (Å²) in [7, 11) is -6.88. The van der Waals surface area contributed by atoms with Crippen LogP contribution in [0.25, 0.3) is 0 Å². The molecule has 2 saturated carbocycles. The van der Waals surface area contributed by atoms with Gasteiger partial charge in [-0.2, -0.15) is 0 Å². The van der Waals surface area contributed by atoms with E-state index in [0.717, 1.165) is 25.5 Å². The van der Waals surface area contributed by atoms with E-state index in [1.165, 1.54) is 30.7 Å². The van der Waals surface area contributed by atoms with E-state index in [1.54, 1.807) is 0 Å². The zero-order chi connectivity index (χ0) is 15.3. The smallest absolute Gasteiger partial charge is 0.224 e. The van der Waals surface area contributed by atoms with Gasteiger partial charge in [-0.25, -0.2) is 21.6 Å². The maximum atomic E-state index is 12.4. The van der Waals surface area contributed by atoms with Crippen LogP contribution in [0.5, 0.6) is 0 Å². The third-order valence-electron chi connectivity index (χ3n) is 4.61. The van der Waals surface area contributed by atoms with E-state index in [9.17, 15) is 16.8 Å². The molecule has 0 radical (unpaired) electrons. The Labute approximate surface area is 125 Å². The standard InChI is InChI=1S/C14H19NO4S2/c1-20(16,17)12-4-6-13(7-5-12)21(18,19)15-14-9-10-2-3-11(14)8-10/h4-7,10-11,14-15H,2-3,8-9H2,1H3. The number of nitrogens with one attached hydrogen (secondary N) is 1. The molecule has 116 valence electrons. The number of fused-ring (bicyclic) bond motifs is 2. The highest BCUT2D eigenvalue weighted by atomic mass is 32.2. The van der Waals surface area contributed by atoms with Crippen LogP contribution in [-0.2, 0) is 19.9 Å². The monoisotopic (exact) mass is 329 g/mol. The van der Waals surface area contributed by atoms with Gasteiger partial charge in [0, 0.05) is 12.3 Å². The fraction of sp³-hybridized carbons (Fsp3) is 0.571. The van der Waals surface area contributed by atoms with Crippen molar-refractivity contribution in [2.45, 2.75) is 41.5 Å². The van der Waals surface area contributed by atoms with Crippen molar-refractivity contribution in [1.82, 2.24) is 4.72 Å². The zero-order valence-corrected chi connectivity index (χ0v) is 13.5. The summed E-state index contributed by atoms with van der Waals surface area (Å²) < 4.78 is 50.3. The van der Waals surface area contributed by atoms with Crippen molar-refractivity contribution in [3.05, 3.63) is 24.3 Å². The molecule has 3 rings (SSSR count). The molecule has 2 aliphatic rings. The first kappa shape index (κ1) is 15.0. The molecule has 0 aromatic heterocycles. The van der Waals surface area contributed by atoms with Crippen LogP contribution < -0.4 is 4.72 Å². The molecule has 2 bridgehead atoms. The minimum absolute atomic E-state index is 0.0309. The molecule has 1 aromatic rings. The third kappa shape index (κ3) is 3.00. The Hall–Kier alpha value is -0.920.